The maximum absolute atomic E-state index is 12.8. The van der Waals surface area contributed by atoms with Crippen molar-refractivity contribution in [3.63, 3.8) is 0 Å². The highest BCUT2D eigenvalue weighted by Gasteiger charge is 2.27. The van der Waals surface area contributed by atoms with Gasteiger partial charge in [-0.05, 0) is 51.4 Å². The summed E-state index contributed by atoms with van der Waals surface area (Å²) in [6, 6.07) is 0. The highest BCUT2D eigenvalue weighted by molar-refractivity contribution is 7.47. The van der Waals surface area contributed by atoms with Crippen molar-refractivity contribution in [3.05, 3.63) is 48.6 Å². The Morgan fingerprint density at radius 1 is 0.485 bits per heavy atom. The Kier molecular flexibility index (Phi) is 46.5. The number of esters is 2. The molecule has 2 unspecified atom stereocenters. The van der Waals surface area contributed by atoms with E-state index in [-0.39, 0.29) is 25.6 Å². The average Bonchev–Trinajstić information content (AvgIpc) is 3.27. The Morgan fingerprint density at radius 3 is 1.29 bits per heavy atom. The van der Waals surface area contributed by atoms with Crippen LogP contribution in [0.5, 0.6) is 0 Å². The maximum Gasteiger partial charge on any atom is 0.472 e. The lowest BCUT2D eigenvalue weighted by atomic mass is 10.0. The fraction of sp³-hybridized carbons (Fsp3) is 0.821. The van der Waals surface area contributed by atoms with E-state index in [1.165, 1.54) is 154 Å². The molecule has 1 N–H and O–H groups in total. The van der Waals surface area contributed by atoms with Crippen molar-refractivity contribution in [2.45, 2.75) is 251 Å². The van der Waals surface area contributed by atoms with Gasteiger partial charge < -0.3 is 18.9 Å². The molecule has 0 heterocycles. The lowest BCUT2D eigenvalue weighted by molar-refractivity contribution is -0.870. The van der Waals surface area contributed by atoms with Gasteiger partial charge in [-0.15, -0.1) is 0 Å². The number of quaternary nitrogens is 1. The van der Waals surface area contributed by atoms with Crippen molar-refractivity contribution < 1.29 is 42.1 Å². The number of carbonyl (C=O) groups is 2. The van der Waals surface area contributed by atoms with Gasteiger partial charge in [0, 0.05) is 12.8 Å². The molecule has 0 aromatic rings. The number of nitrogens with zero attached hydrogens (tertiary/aromatic N) is 1. The van der Waals surface area contributed by atoms with Gasteiger partial charge in [-0.3, -0.25) is 18.6 Å². The van der Waals surface area contributed by atoms with Crippen molar-refractivity contribution in [2.24, 2.45) is 0 Å². The average molecular weight is 951 g/mol. The first-order valence-electron chi connectivity index (χ1n) is 27.4. The molecule has 0 aromatic carbocycles. The van der Waals surface area contributed by atoms with E-state index in [4.69, 9.17) is 18.5 Å². The normalized spacial score (nSPS) is 13.7. The molecule has 0 bridgehead atoms. The minimum Gasteiger partial charge on any atom is -0.462 e. The van der Waals surface area contributed by atoms with E-state index in [2.05, 4.69) is 62.5 Å². The van der Waals surface area contributed by atoms with Crippen LogP contribution < -0.4 is 0 Å². The molecular formula is C56H105NO8P+. The van der Waals surface area contributed by atoms with Crippen LogP contribution in [0.15, 0.2) is 48.6 Å². The number of carbonyl (C=O) groups excluding carboxylic acids is 2. The summed E-state index contributed by atoms with van der Waals surface area (Å²) >= 11 is 0. The van der Waals surface area contributed by atoms with E-state index in [9.17, 15) is 19.0 Å². The molecule has 0 aliphatic rings. The van der Waals surface area contributed by atoms with Crippen molar-refractivity contribution >= 4 is 19.8 Å². The van der Waals surface area contributed by atoms with Crippen LogP contribution in [0.25, 0.3) is 0 Å². The number of phosphoric acid groups is 1. The third-order valence-corrected chi connectivity index (χ3v) is 12.9. The van der Waals surface area contributed by atoms with Gasteiger partial charge in [-0.2, -0.15) is 0 Å². The first-order chi connectivity index (χ1) is 32.0. The van der Waals surface area contributed by atoms with E-state index in [1.807, 2.05) is 21.1 Å². The number of hydrogen-bond donors (Lipinski definition) is 1. The Balaban J connectivity index is 4.08. The van der Waals surface area contributed by atoms with Gasteiger partial charge >= 0.3 is 19.8 Å². The number of likely N-dealkylation sites (N-methyl/N-ethyl adjacent to an activating group) is 1. The molecule has 0 aliphatic carbocycles. The second kappa shape index (κ2) is 48.0. The van der Waals surface area contributed by atoms with Gasteiger partial charge in [-0.1, -0.05) is 229 Å². The molecule has 0 amide bonds. The highest BCUT2D eigenvalue weighted by atomic mass is 31.2. The van der Waals surface area contributed by atoms with Gasteiger partial charge in [0.05, 0.1) is 27.7 Å². The number of rotatable bonds is 50. The minimum atomic E-state index is -4.38. The first-order valence-corrected chi connectivity index (χ1v) is 28.9. The van der Waals surface area contributed by atoms with Gasteiger partial charge in [0.1, 0.15) is 19.8 Å². The van der Waals surface area contributed by atoms with Crippen LogP contribution in [0.2, 0.25) is 0 Å². The maximum atomic E-state index is 12.8. The summed E-state index contributed by atoms with van der Waals surface area (Å²) in [6.45, 7) is 4.34. The highest BCUT2D eigenvalue weighted by Crippen LogP contribution is 2.43. The van der Waals surface area contributed by atoms with Gasteiger partial charge in [-0.25, -0.2) is 4.57 Å². The summed E-state index contributed by atoms with van der Waals surface area (Å²) in [5, 5.41) is 0. The fourth-order valence-electron chi connectivity index (χ4n) is 7.65. The molecule has 0 fully saturated rings. The zero-order chi connectivity index (χ0) is 48.5. The number of unbranched alkanes of at least 4 members (excludes halogenated alkanes) is 28. The van der Waals surface area contributed by atoms with Crippen LogP contribution in [0.1, 0.15) is 245 Å². The first kappa shape index (κ1) is 64.0. The van der Waals surface area contributed by atoms with E-state index < -0.39 is 26.5 Å². The third-order valence-electron chi connectivity index (χ3n) is 11.9. The second-order valence-corrected chi connectivity index (χ2v) is 21.0. The quantitative estimate of drug-likeness (QED) is 0.0211. The van der Waals surface area contributed by atoms with Crippen LogP contribution >= 0.6 is 7.82 Å². The van der Waals surface area contributed by atoms with Gasteiger partial charge in [0.15, 0.2) is 6.10 Å². The number of ether oxygens (including phenoxy) is 2. The molecule has 386 valence electrons. The summed E-state index contributed by atoms with van der Waals surface area (Å²) < 4.78 is 34.5. The predicted molar refractivity (Wildman–Crippen MR) is 280 cm³/mol. The van der Waals surface area contributed by atoms with E-state index >= 15 is 0 Å². The lowest BCUT2D eigenvalue weighted by Gasteiger charge is -2.24. The lowest BCUT2D eigenvalue weighted by Crippen LogP contribution is -2.37. The SMILES string of the molecule is CC/C=C\C/C=C\C/C=C\C/C=C\CCCCCCCCCCCCCCCCCCC(=O)OC(COC(=O)CCCCCCCCCCCCCCC)COP(=O)(O)OCC[N+](C)(C)C. The summed E-state index contributed by atoms with van der Waals surface area (Å²) in [5.74, 6) is -0.788. The molecule has 0 spiro atoms. The second-order valence-electron chi connectivity index (χ2n) is 19.6. The Hall–Kier alpha value is -2.03. The van der Waals surface area contributed by atoms with Crippen molar-refractivity contribution in [2.75, 3.05) is 47.5 Å². The Morgan fingerprint density at radius 2 is 0.864 bits per heavy atom. The van der Waals surface area contributed by atoms with Crippen LogP contribution in [-0.2, 0) is 32.7 Å². The summed E-state index contributed by atoms with van der Waals surface area (Å²) in [7, 11) is 1.49. The molecule has 0 rings (SSSR count). The van der Waals surface area contributed by atoms with Crippen LogP contribution in [0.4, 0.5) is 0 Å². The van der Waals surface area contributed by atoms with Crippen LogP contribution in [0.3, 0.4) is 0 Å². The molecule has 9 nitrogen and oxygen atoms in total. The molecule has 10 heteroatoms. The van der Waals surface area contributed by atoms with Crippen LogP contribution in [-0.4, -0.2) is 74.9 Å². The van der Waals surface area contributed by atoms with Gasteiger partial charge in [0.25, 0.3) is 0 Å². The zero-order valence-corrected chi connectivity index (χ0v) is 44.6. The number of phosphoric ester groups is 1. The minimum absolute atomic E-state index is 0.0332. The molecular weight excluding hydrogens is 846 g/mol. The van der Waals surface area contributed by atoms with Gasteiger partial charge in [0.2, 0.25) is 0 Å². The third kappa shape index (κ3) is 51.4. The van der Waals surface area contributed by atoms with Crippen LogP contribution in [0, 0.1) is 0 Å². The van der Waals surface area contributed by atoms with Crippen molar-refractivity contribution in [1.29, 1.82) is 0 Å². The monoisotopic (exact) mass is 951 g/mol. The smallest absolute Gasteiger partial charge is 0.462 e. The topological polar surface area (TPSA) is 108 Å². The molecule has 0 radical (unpaired) electrons. The fourth-order valence-corrected chi connectivity index (χ4v) is 8.40. The number of allylic oxidation sites excluding steroid dienone is 8. The summed E-state index contributed by atoms with van der Waals surface area (Å²) in [4.78, 5) is 35.6. The largest absolute Gasteiger partial charge is 0.472 e. The Bertz CT molecular complexity index is 1260. The molecule has 0 saturated heterocycles. The molecule has 0 aliphatic heterocycles. The van der Waals surface area contributed by atoms with E-state index in [0.29, 0.717) is 23.9 Å². The van der Waals surface area contributed by atoms with Crippen molar-refractivity contribution in [3.8, 4) is 0 Å². The van der Waals surface area contributed by atoms with Crippen molar-refractivity contribution in [1.82, 2.24) is 0 Å². The van der Waals surface area contributed by atoms with E-state index in [0.717, 1.165) is 57.8 Å². The standard InChI is InChI=1S/C56H104NO8P/c1-6-8-10-12-14-16-18-20-21-22-23-24-25-26-27-28-29-30-31-32-33-34-35-37-39-41-43-45-47-49-56(59)65-54(53-64-66(60,61)63-51-50-57(3,4)5)52-62-55(58)48-46-44-42-40-38-36-19-17-15-13-11-9-7-2/h8,10,14,16,20-21,23-24,54H,6-7,9,11-13,15,17-19,22,25-53H2,1-5H3/p+1/b10-8-,16-14-,21-20-,24-23-. The molecule has 66 heavy (non-hydrogen) atoms. The number of hydrogen-bond acceptors (Lipinski definition) is 7. The molecule has 0 saturated carbocycles. The van der Waals surface area contributed by atoms with E-state index in [1.54, 1.807) is 0 Å². The molecule has 2 atom stereocenters. The molecule has 0 aromatic heterocycles. The summed E-state index contributed by atoms with van der Waals surface area (Å²) in [5.41, 5.74) is 0. The zero-order valence-electron chi connectivity index (χ0n) is 43.7. The Labute approximate surface area is 407 Å². The predicted octanol–water partition coefficient (Wildman–Crippen LogP) is 16.6. The summed E-state index contributed by atoms with van der Waals surface area (Å²) in [6.07, 6.45) is 58.9.